The van der Waals surface area contributed by atoms with Crippen LogP contribution in [0.1, 0.15) is 44.6 Å². The number of nitrogens with zero attached hydrogens (tertiary/aromatic N) is 1. The Morgan fingerprint density at radius 3 is 2.34 bits per heavy atom. The van der Waals surface area contributed by atoms with Crippen molar-refractivity contribution in [2.24, 2.45) is 0 Å². The van der Waals surface area contributed by atoms with Crippen molar-refractivity contribution in [3.8, 4) is 11.5 Å². The molecule has 6 heteroatoms. The second kappa shape index (κ2) is 9.44. The minimum atomic E-state index is -3.68. The van der Waals surface area contributed by atoms with E-state index in [1.807, 2.05) is 30.3 Å². The molecule has 1 aliphatic rings. The summed E-state index contributed by atoms with van der Waals surface area (Å²) in [6.45, 7) is 1.50. The molecule has 0 saturated heterocycles. The van der Waals surface area contributed by atoms with Gasteiger partial charge in [0.25, 0.3) is 0 Å². The number of sulfone groups is 1. The monoisotopic (exact) mass is 415 g/mol. The number of hydrogen-bond donors (Lipinski definition) is 0. The summed E-state index contributed by atoms with van der Waals surface area (Å²) in [5, 5.41) is -1.08. The van der Waals surface area contributed by atoms with E-state index in [-0.39, 0.29) is 17.7 Å². The first-order valence-corrected chi connectivity index (χ1v) is 11.9. The van der Waals surface area contributed by atoms with E-state index in [0.717, 1.165) is 25.7 Å². The number of hydrogen-bond acceptors (Lipinski definition) is 4. The fourth-order valence-corrected chi connectivity index (χ4v) is 5.16. The van der Waals surface area contributed by atoms with E-state index in [1.165, 1.54) is 13.3 Å². The Balaban J connectivity index is 1.74. The van der Waals surface area contributed by atoms with E-state index in [4.69, 9.17) is 4.74 Å². The van der Waals surface area contributed by atoms with E-state index in [9.17, 15) is 13.2 Å². The lowest BCUT2D eigenvalue weighted by Crippen LogP contribution is -2.45. The Labute approximate surface area is 173 Å². The molecule has 0 radical (unpaired) electrons. The molecule has 5 nitrogen and oxygen atoms in total. The maximum absolute atomic E-state index is 13.0. The third-order valence-electron chi connectivity index (χ3n) is 5.66. The maximum Gasteiger partial charge on any atom is 0.240 e. The number of para-hydroxylation sites is 2. The van der Waals surface area contributed by atoms with Crippen molar-refractivity contribution in [1.82, 2.24) is 4.90 Å². The van der Waals surface area contributed by atoms with Gasteiger partial charge in [0.1, 0.15) is 16.7 Å². The van der Waals surface area contributed by atoms with Crippen LogP contribution in [0.25, 0.3) is 0 Å². The lowest BCUT2D eigenvalue weighted by Gasteiger charge is -2.32. The van der Waals surface area contributed by atoms with Crippen molar-refractivity contribution in [2.75, 3.05) is 7.05 Å². The molecule has 2 aromatic carbocycles. The quantitative estimate of drug-likeness (QED) is 0.664. The SMILES string of the molecule is CC(C(=O)N(C)C1CCCCC1)S(=O)(=O)Cc1ccccc1Oc1ccccc1. The zero-order chi connectivity index (χ0) is 20.9. The van der Waals surface area contributed by atoms with Crippen molar-refractivity contribution in [1.29, 1.82) is 0 Å². The van der Waals surface area contributed by atoms with Gasteiger partial charge in [-0.1, -0.05) is 55.7 Å². The fraction of sp³-hybridized carbons (Fsp3) is 0.435. The highest BCUT2D eigenvalue weighted by Crippen LogP contribution is 2.28. The summed E-state index contributed by atoms with van der Waals surface area (Å²) in [5.41, 5.74) is 0.552. The van der Waals surface area contributed by atoms with Gasteiger partial charge in [-0.2, -0.15) is 0 Å². The number of carbonyl (C=O) groups is 1. The van der Waals surface area contributed by atoms with Crippen LogP contribution in [-0.2, 0) is 20.4 Å². The fourth-order valence-electron chi connectivity index (χ4n) is 3.77. The summed E-state index contributed by atoms with van der Waals surface area (Å²) in [7, 11) is -1.95. The summed E-state index contributed by atoms with van der Waals surface area (Å²) >= 11 is 0. The van der Waals surface area contributed by atoms with Crippen LogP contribution in [0, 0.1) is 0 Å². The van der Waals surface area contributed by atoms with Crippen LogP contribution in [0.2, 0.25) is 0 Å². The molecule has 1 saturated carbocycles. The molecule has 0 aliphatic heterocycles. The highest BCUT2D eigenvalue weighted by Gasteiger charge is 2.34. The standard InChI is InChI=1S/C23H29NO4S/c1-18(23(25)24(2)20-12-5-3-6-13-20)29(26,27)17-19-11-9-10-16-22(19)28-21-14-7-4-8-15-21/h4,7-11,14-16,18,20H,3,5-6,12-13,17H2,1-2H3. The molecule has 29 heavy (non-hydrogen) atoms. The molecule has 1 unspecified atom stereocenters. The number of benzene rings is 2. The average molecular weight is 416 g/mol. The van der Waals surface area contributed by atoms with E-state index < -0.39 is 15.1 Å². The molecule has 0 heterocycles. The summed E-state index contributed by atoms with van der Waals surface area (Å²) in [6.07, 6.45) is 5.26. The molecule has 1 amide bonds. The lowest BCUT2D eigenvalue weighted by molar-refractivity contribution is -0.131. The van der Waals surface area contributed by atoms with Gasteiger partial charge in [-0.3, -0.25) is 4.79 Å². The van der Waals surface area contributed by atoms with Gasteiger partial charge < -0.3 is 9.64 Å². The molecule has 1 atom stereocenters. The molecule has 0 N–H and O–H groups in total. The van der Waals surface area contributed by atoms with Crippen LogP contribution < -0.4 is 4.74 Å². The van der Waals surface area contributed by atoms with Crippen LogP contribution in [0.4, 0.5) is 0 Å². The smallest absolute Gasteiger partial charge is 0.240 e. The largest absolute Gasteiger partial charge is 0.457 e. The van der Waals surface area contributed by atoms with Gasteiger partial charge in [0.2, 0.25) is 5.91 Å². The topological polar surface area (TPSA) is 63.7 Å². The van der Waals surface area contributed by atoms with Gasteiger partial charge in [0, 0.05) is 18.7 Å². The number of ether oxygens (including phenoxy) is 1. The predicted molar refractivity (Wildman–Crippen MR) is 115 cm³/mol. The third-order valence-corrected chi connectivity index (χ3v) is 7.65. The predicted octanol–water partition coefficient (Wildman–Crippen LogP) is 4.57. The highest BCUT2D eigenvalue weighted by atomic mass is 32.2. The molecule has 3 rings (SSSR count). The van der Waals surface area contributed by atoms with Gasteiger partial charge in [0.05, 0.1) is 5.75 Å². The minimum absolute atomic E-state index is 0.141. The van der Waals surface area contributed by atoms with Crippen molar-refractivity contribution < 1.29 is 17.9 Å². The highest BCUT2D eigenvalue weighted by molar-refractivity contribution is 7.92. The van der Waals surface area contributed by atoms with Crippen LogP contribution in [0.3, 0.4) is 0 Å². The first kappa shape index (κ1) is 21.4. The molecule has 2 aromatic rings. The zero-order valence-corrected chi connectivity index (χ0v) is 17.9. The van der Waals surface area contributed by atoms with E-state index in [1.54, 1.807) is 36.2 Å². The molecule has 0 spiro atoms. The molecule has 1 fully saturated rings. The van der Waals surface area contributed by atoms with Crippen molar-refractivity contribution in [2.45, 2.75) is 56.1 Å². The molecule has 0 aromatic heterocycles. The first-order valence-electron chi connectivity index (χ1n) is 10.2. The first-order chi connectivity index (χ1) is 13.9. The summed E-state index contributed by atoms with van der Waals surface area (Å²) in [6, 6.07) is 16.4. The Morgan fingerprint density at radius 1 is 1.03 bits per heavy atom. The summed E-state index contributed by atoms with van der Waals surface area (Å²) < 4.78 is 31.9. The molecular weight excluding hydrogens is 386 g/mol. The second-order valence-corrected chi connectivity index (χ2v) is 10.0. The number of rotatable bonds is 7. The van der Waals surface area contributed by atoms with Gasteiger partial charge in [-0.05, 0) is 38.0 Å². The van der Waals surface area contributed by atoms with Gasteiger partial charge in [-0.15, -0.1) is 0 Å². The van der Waals surface area contributed by atoms with Crippen molar-refractivity contribution in [3.63, 3.8) is 0 Å². The molecule has 1 aliphatic carbocycles. The van der Waals surface area contributed by atoms with Crippen molar-refractivity contribution >= 4 is 15.7 Å². The number of carbonyl (C=O) groups excluding carboxylic acids is 1. The third kappa shape index (κ3) is 5.38. The molecule has 156 valence electrons. The van der Waals surface area contributed by atoms with E-state index in [2.05, 4.69) is 0 Å². The Bertz CT molecular complexity index is 921. The van der Waals surface area contributed by atoms with Crippen molar-refractivity contribution in [3.05, 3.63) is 60.2 Å². The second-order valence-electron chi connectivity index (χ2n) is 7.71. The van der Waals surface area contributed by atoms with Crippen LogP contribution in [0.5, 0.6) is 11.5 Å². The molecule has 0 bridgehead atoms. The van der Waals surface area contributed by atoms with Gasteiger partial charge in [0.15, 0.2) is 9.84 Å². The van der Waals surface area contributed by atoms with Gasteiger partial charge in [-0.25, -0.2) is 8.42 Å². The van der Waals surface area contributed by atoms with Crippen LogP contribution >= 0.6 is 0 Å². The van der Waals surface area contributed by atoms with Gasteiger partial charge >= 0.3 is 0 Å². The Kier molecular flexibility index (Phi) is 6.96. The lowest BCUT2D eigenvalue weighted by atomic mass is 9.94. The van der Waals surface area contributed by atoms with E-state index in [0.29, 0.717) is 17.1 Å². The maximum atomic E-state index is 13.0. The number of amides is 1. The van der Waals surface area contributed by atoms with Crippen LogP contribution in [-0.4, -0.2) is 37.6 Å². The zero-order valence-electron chi connectivity index (χ0n) is 17.1. The average Bonchev–Trinajstić information content (AvgIpc) is 2.74. The Hall–Kier alpha value is -2.34. The minimum Gasteiger partial charge on any atom is -0.457 e. The summed E-state index contributed by atoms with van der Waals surface area (Å²) in [4.78, 5) is 14.5. The Morgan fingerprint density at radius 2 is 1.66 bits per heavy atom. The van der Waals surface area contributed by atoms with Crippen LogP contribution in [0.15, 0.2) is 54.6 Å². The van der Waals surface area contributed by atoms with E-state index >= 15 is 0 Å². The molecular formula is C23H29NO4S. The normalized spacial score (nSPS) is 16.2. The summed E-state index contributed by atoms with van der Waals surface area (Å²) in [5.74, 6) is 0.570.